The Bertz CT molecular complexity index is 506. The second kappa shape index (κ2) is 6.00. The Morgan fingerprint density at radius 1 is 1.28 bits per heavy atom. The third-order valence-electron chi connectivity index (χ3n) is 2.64. The van der Waals surface area contributed by atoms with Crippen LogP contribution in [0.1, 0.15) is 37.0 Å². The van der Waals surface area contributed by atoms with Crippen LogP contribution in [0.2, 0.25) is 0 Å². The minimum atomic E-state index is -3.21. The number of benzene rings is 1. The summed E-state index contributed by atoms with van der Waals surface area (Å²) in [5.74, 6) is -0.170. The monoisotopic (exact) mass is 269 g/mol. The lowest BCUT2D eigenvalue weighted by molar-refractivity contribution is 0.0938. The van der Waals surface area contributed by atoms with Gasteiger partial charge in [-0.15, -0.1) is 0 Å². The highest BCUT2D eigenvalue weighted by Gasteiger charge is 2.11. The summed E-state index contributed by atoms with van der Waals surface area (Å²) in [6.07, 6.45) is 3.08. The predicted molar refractivity (Wildman–Crippen MR) is 71.4 cm³/mol. The van der Waals surface area contributed by atoms with Gasteiger partial charge in [0.2, 0.25) is 0 Å². The Kier molecular flexibility index (Phi) is 4.90. The van der Waals surface area contributed by atoms with Gasteiger partial charge >= 0.3 is 0 Å². The smallest absolute Gasteiger partial charge is 0.251 e. The van der Waals surface area contributed by atoms with Gasteiger partial charge < -0.3 is 5.32 Å². The van der Waals surface area contributed by atoms with E-state index in [1.165, 1.54) is 24.3 Å². The molecular weight excluding hydrogens is 250 g/mol. The third-order valence-corrected chi connectivity index (χ3v) is 3.77. The molecule has 4 nitrogen and oxygen atoms in total. The van der Waals surface area contributed by atoms with Crippen molar-refractivity contribution >= 4 is 15.7 Å². The summed E-state index contributed by atoms with van der Waals surface area (Å²) in [4.78, 5) is 12.1. The Morgan fingerprint density at radius 2 is 1.83 bits per heavy atom. The molecule has 1 aromatic rings. The second-order valence-corrected chi connectivity index (χ2v) is 6.48. The fourth-order valence-electron chi connectivity index (χ4n) is 1.67. The second-order valence-electron chi connectivity index (χ2n) is 4.46. The zero-order valence-corrected chi connectivity index (χ0v) is 11.8. The zero-order valence-electron chi connectivity index (χ0n) is 10.9. The molecule has 0 saturated carbocycles. The van der Waals surface area contributed by atoms with Crippen molar-refractivity contribution in [3.8, 4) is 0 Å². The van der Waals surface area contributed by atoms with Crippen LogP contribution in [0, 0.1) is 0 Å². The molecule has 1 rings (SSSR count). The molecule has 1 N–H and O–H groups in total. The highest BCUT2D eigenvalue weighted by Crippen LogP contribution is 2.10. The lowest BCUT2D eigenvalue weighted by atomic mass is 10.1. The Labute approximate surface area is 108 Å². The number of nitrogens with one attached hydrogen (secondary N) is 1. The van der Waals surface area contributed by atoms with Gasteiger partial charge in [-0.2, -0.15) is 0 Å². The van der Waals surface area contributed by atoms with Gasteiger partial charge in [-0.25, -0.2) is 8.42 Å². The van der Waals surface area contributed by atoms with Gasteiger partial charge in [-0.3, -0.25) is 4.79 Å². The van der Waals surface area contributed by atoms with Crippen molar-refractivity contribution < 1.29 is 13.2 Å². The van der Waals surface area contributed by atoms with E-state index in [9.17, 15) is 13.2 Å². The maximum atomic E-state index is 11.8. The molecule has 1 atom stereocenters. The van der Waals surface area contributed by atoms with E-state index >= 15 is 0 Å². The Morgan fingerprint density at radius 3 is 2.28 bits per heavy atom. The summed E-state index contributed by atoms with van der Waals surface area (Å²) in [6.45, 7) is 4.01. The van der Waals surface area contributed by atoms with Crippen molar-refractivity contribution in [2.75, 3.05) is 6.26 Å². The molecule has 0 aliphatic carbocycles. The molecule has 0 bridgehead atoms. The highest BCUT2D eigenvalue weighted by atomic mass is 32.2. The average Bonchev–Trinajstić information content (AvgIpc) is 2.28. The van der Waals surface area contributed by atoms with Crippen LogP contribution in [-0.2, 0) is 9.84 Å². The third kappa shape index (κ3) is 4.14. The van der Waals surface area contributed by atoms with Crippen molar-refractivity contribution in [3.63, 3.8) is 0 Å². The molecular formula is C13H19NO3S. The summed E-state index contributed by atoms with van der Waals surface area (Å²) >= 11 is 0. The first-order valence-corrected chi connectivity index (χ1v) is 7.84. The maximum Gasteiger partial charge on any atom is 0.251 e. The molecule has 0 heterocycles. The number of sulfone groups is 1. The molecule has 5 heteroatoms. The molecule has 0 aliphatic heterocycles. The van der Waals surface area contributed by atoms with E-state index in [1.807, 2.05) is 6.92 Å². The lowest BCUT2D eigenvalue weighted by Crippen LogP contribution is -2.32. The lowest BCUT2D eigenvalue weighted by Gasteiger charge is -2.12. The van der Waals surface area contributed by atoms with Crippen molar-refractivity contribution in [2.24, 2.45) is 0 Å². The summed E-state index contributed by atoms with van der Waals surface area (Å²) in [7, 11) is -3.21. The zero-order chi connectivity index (χ0) is 13.8. The molecule has 0 spiro atoms. The van der Waals surface area contributed by atoms with Crippen LogP contribution in [0.4, 0.5) is 0 Å². The molecule has 0 aromatic heterocycles. The van der Waals surface area contributed by atoms with Gasteiger partial charge in [0.1, 0.15) is 0 Å². The Hall–Kier alpha value is -1.36. The quantitative estimate of drug-likeness (QED) is 0.889. The van der Waals surface area contributed by atoms with Crippen LogP contribution in [0.3, 0.4) is 0 Å². The van der Waals surface area contributed by atoms with Crippen LogP contribution in [-0.4, -0.2) is 26.6 Å². The van der Waals surface area contributed by atoms with Crippen LogP contribution < -0.4 is 5.32 Å². The van der Waals surface area contributed by atoms with Crippen LogP contribution in [0.15, 0.2) is 29.2 Å². The number of hydrogen-bond acceptors (Lipinski definition) is 3. The van der Waals surface area contributed by atoms with Crippen LogP contribution in [0.5, 0.6) is 0 Å². The van der Waals surface area contributed by atoms with Gasteiger partial charge in [0.05, 0.1) is 4.90 Å². The molecule has 0 saturated heterocycles. The predicted octanol–water partition coefficient (Wildman–Crippen LogP) is 2.01. The first-order valence-electron chi connectivity index (χ1n) is 5.95. The van der Waals surface area contributed by atoms with Gasteiger partial charge in [0, 0.05) is 17.9 Å². The van der Waals surface area contributed by atoms with Crippen LogP contribution in [0.25, 0.3) is 0 Å². The van der Waals surface area contributed by atoms with E-state index in [-0.39, 0.29) is 16.8 Å². The highest BCUT2D eigenvalue weighted by molar-refractivity contribution is 7.90. The van der Waals surface area contributed by atoms with E-state index < -0.39 is 9.84 Å². The van der Waals surface area contributed by atoms with E-state index in [1.54, 1.807) is 0 Å². The SMILES string of the molecule is CCC[C@@H](C)NC(=O)c1ccc(S(C)(=O)=O)cc1. The van der Waals surface area contributed by atoms with E-state index in [2.05, 4.69) is 12.2 Å². The average molecular weight is 269 g/mol. The maximum absolute atomic E-state index is 11.8. The fourth-order valence-corrected chi connectivity index (χ4v) is 2.30. The summed E-state index contributed by atoms with van der Waals surface area (Å²) < 4.78 is 22.6. The number of hydrogen-bond donors (Lipinski definition) is 1. The normalized spacial score (nSPS) is 13.1. The summed E-state index contributed by atoms with van der Waals surface area (Å²) in [5.41, 5.74) is 0.477. The molecule has 18 heavy (non-hydrogen) atoms. The van der Waals surface area contributed by atoms with Crippen LogP contribution >= 0.6 is 0 Å². The summed E-state index contributed by atoms with van der Waals surface area (Å²) in [5, 5.41) is 2.87. The standard InChI is InChI=1S/C13H19NO3S/c1-4-5-10(2)14-13(15)11-6-8-12(9-7-11)18(3,16)17/h6-10H,4-5H2,1-3H3,(H,14,15)/t10-/m1/s1. The Balaban J connectivity index is 2.77. The van der Waals surface area contributed by atoms with Crippen molar-refractivity contribution in [2.45, 2.75) is 37.6 Å². The minimum Gasteiger partial charge on any atom is -0.350 e. The number of carbonyl (C=O) groups is 1. The molecule has 1 aromatic carbocycles. The van der Waals surface area contributed by atoms with E-state index in [0.717, 1.165) is 19.1 Å². The number of rotatable bonds is 5. The first kappa shape index (κ1) is 14.7. The van der Waals surface area contributed by atoms with Gasteiger partial charge in [0.25, 0.3) is 5.91 Å². The largest absolute Gasteiger partial charge is 0.350 e. The van der Waals surface area contributed by atoms with E-state index in [0.29, 0.717) is 5.56 Å². The first-order chi connectivity index (χ1) is 8.34. The van der Waals surface area contributed by atoms with Crippen molar-refractivity contribution in [1.82, 2.24) is 5.32 Å². The van der Waals surface area contributed by atoms with Gasteiger partial charge in [-0.05, 0) is 37.6 Å². The molecule has 0 aliphatic rings. The van der Waals surface area contributed by atoms with Crippen molar-refractivity contribution in [1.29, 1.82) is 0 Å². The molecule has 0 radical (unpaired) electrons. The molecule has 0 unspecified atom stereocenters. The van der Waals surface area contributed by atoms with Crippen molar-refractivity contribution in [3.05, 3.63) is 29.8 Å². The number of carbonyl (C=O) groups excluding carboxylic acids is 1. The molecule has 0 fully saturated rings. The number of amides is 1. The van der Waals surface area contributed by atoms with Gasteiger partial charge in [0.15, 0.2) is 9.84 Å². The minimum absolute atomic E-state index is 0.122. The molecule has 100 valence electrons. The van der Waals surface area contributed by atoms with E-state index in [4.69, 9.17) is 0 Å². The topological polar surface area (TPSA) is 63.2 Å². The van der Waals surface area contributed by atoms with Gasteiger partial charge in [-0.1, -0.05) is 13.3 Å². The molecule has 1 amide bonds. The fraction of sp³-hybridized carbons (Fsp3) is 0.462. The summed E-state index contributed by atoms with van der Waals surface area (Å²) in [6, 6.07) is 6.09.